The standard InChI is InChI=1S/C15H11Cl2FO2S/c1-9(21(20)12-5-3-11(18)4-6-12)15(19)13-7-2-10(16)8-14(13)17/h2-9H,1H3. The molecule has 0 saturated heterocycles. The van der Waals surface area contributed by atoms with Crippen molar-refractivity contribution in [1.29, 1.82) is 0 Å². The van der Waals surface area contributed by atoms with Crippen LogP contribution < -0.4 is 0 Å². The first kappa shape index (κ1) is 16.1. The summed E-state index contributed by atoms with van der Waals surface area (Å²) >= 11 is 11.8. The van der Waals surface area contributed by atoms with E-state index in [9.17, 15) is 13.4 Å². The Morgan fingerprint density at radius 3 is 2.33 bits per heavy atom. The van der Waals surface area contributed by atoms with Crippen LogP contribution in [0, 0.1) is 5.82 Å². The Balaban J connectivity index is 2.26. The molecule has 21 heavy (non-hydrogen) atoms. The summed E-state index contributed by atoms with van der Waals surface area (Å²) in [5.41, 5.74) is 0.268. The fraction of sp³-hybridized carbons (Fsp3) is 0.133. The average Bonchev–Trinajstić information content (AvgIpc) is 2.46. The highest BCUT2D eigenvalue weighted by Gasteiger charge is 2.24. The third kappa shape index (κ3) is 3.70. The van der Waals surface area contributed by atoms with E-state index in [4.69, 9.17) is 23.2 Å². The van der Waals surface area contributed by atoms with Crippen LogP contribution in [0.2, 0.25) is 10.0 Å². The van der Waals surface area contributed by atoms with Gasteiger partial charge in [-0.05, 0) is 49.4 Å². The van der Waals surface area contributed by atoms with Gasteiger partial charge in [0.1, 0.15) is 5.82 Å². The number of hydrogen-bond donors (Lipinski definition) is 0. The van der Waals surface area contributed by atoms with Gasteiger partial charge in [0, 0.05) is 15.5 Å². The second-order valence-corrected chi connectivity index (χ2v) is 7.00. The predicted molar refractivity (Wildman–Crippen MR) is 83.1 cm³/mol. The summed E-state index contributed by atoms with van der Waals surface area (Å²) in [5, 5.41) is -0.159. The second-order valence-electron chi connectivity index (χ2n) is 4.38. The van der Waals surface area contributed by atoms with E-state index in [1.165, 1.54) is 36.4 Å². The molecule has 0 N–H and O–H groups in total. The topological polar surface area (TPSA) is 34.1 Å². The Hall–Kier alpha value is -1.23. The summed E-state index contributed by atoms with van der Waals surface area (Å²) in [6.07, 6.45) is 0. The van der Waals surface area contributed by atoms with Crippen molar-refractivity contribution in [1.82, 2.24) is 0 Å². The van der Waals surface area contributed by atoms with Crippen molar-refractivity contribution in [3.63, 3.8) is 0 Å². The van der Waals surface area contributed by atoms with Crippen LogP contribution in [0.25, 0.3) is 0 Å². The molecule has 2 aromatic rings. The first-order valence-corrected chi connectivity index (χ1v) is 8.02. The van der Waals surface area contributed by atoms with Crippen LogP contribution in [0.4, 0.5) is 4.39 Å². The zero-order valence-corrected chi connectivity index (χ0v) is 13.3. The smallest absolute Gasteiger partial charge is 0.179 e. The molecule has 2 aromatic carbocycles. The zero-order chi connectivity index (χ0) is 15.6. The van der Waals surface area contributed by atoms with Gasteiger partial charge in [-0.3, -0.25) is 9.00 Å². The van der Waals surface area contributed by atoms with Crippen LogP contribution in [0.1, 0.15) is 17.3 Å². The van der Waals surface area contributed by atoms with Gasteiger partial charge < -0.3 is 0 Å². The van der Waals surface area contributed by atoms with Gasteiger partial charge in [0.05, 0.1) is 21.1 Å². The van der Waals surface area contributed by atoms with Gasteiger partial charge in [-0.1, -0.05) is 23.2 Å². The van der Waals surface area contributed by atoms with Crippen molar-refractivity contribution < 1.29 is 13.4 Å². The molecule has 0 saturated carbocycles. The lowest BCUT2D eigenvalue weighted by atomic mass is 10.1. The summed E-state index contributed by atoms with van der Waals surface area (Å²) < 4.78 is 25.2. The Labute approximate surface area is 134 Å². The van der Waals surface area contributed by atoms with Crippen LogP contribution in [-0.2, 0) is 10.8 Å². The zero-order valence-electron chi connectivity index (χ0n) is 11.0. The van der Waals surface area contributed by atoms with E-state index in [1.54, 1.807) is 13.0 Å². The maximum absolute atomic E-state index is 12.9. The molecule has 0 heterocycles. The summed E-state index contributed by atoms with van der Waals surface area (Å²) in [7, 11) is -1.59. The molecule has 2 nitrogen and oxygen atoms in total. The number of hydrogen-bond acceptors (Lipinski definition) is 2. The molecule has 0 aliphatic heterocycles. The Morgan fingerprint density at radius 2 is 1.76 bits per heavy atom. The van der Waals surface area contributed by atoms with Gasteiger partial charge >= 0.3 is 0 Å². The van der Waals surface area contributed by atoms with Gasteiger partial charge in [-0.2, -0.15) is 0 Å². The van der Waals surface area contributed by atoms with Crippen molar-refractivity contribution in [2.45, 2.75) is 17.1 Å². The van der Waals surface area contributed by atoms with Crippen LogP contribution in [0.15, 0.2) is 47.4 Å². The number of carbonyl (C=O) groups excluding carboxylic acids is 1. The van der Waals surface area contributed by atoms with Crippen molar-refractivity contribution in [2.75, 3.05) is 0 Å². The molecule has 0 aliphatic carbocycles. The van der Waals surface area contributed by atoms with E-state index >= 15 is 0 Å². The predicted octanol–water partition coefficient (Wildman–Crippen LogP) is 4.51. The monoisotopic (exact) mass is 344 g/mol. The van der Waals surface area contributed by atoms with E-state index in [0.29, 0.717) is 9.92 Å². The molecule has 0 aromatic heterocycles. The first-order chi connectivity index (χ1) is 9.90. The number of benzene rings is 2. The van der Waals surface area contributed by atoms with Crippen molar-refractivity contribution in [3.8, 4) is 0 Å². The number of carbonyl (C=O) groups is 1. The van der Waals surface area contributed by atoms with Crippen LogP contribution in [-0.4, -0.2) is 15.2 Å². The van der Waals surface area contributed by atoms with Crippen LogP contribution >= 0.6 is 23.2 Å². The van der Waals surface area contributed by atoms with E-state index in [0.717, 1.165) is 0 Å². The summed E-state index contributed by atoms with van der Waals surface area (Å²) in [5.74, 6) is -0.769. The van der Waals surface area contributed by atoms with E-state index < -0.39 is 21.9 Å². The maximum Gasteiger partial charge on any atom is 0.179 e. The molecular weight excluding hydrogens is 334 g/mol. The molecule has 0 bridgehead atoms. The van der Waals surface area contributed by atoms with E-state index in [1.807, 2.05) is 0 Å². The van der Waals surface area contributed by atoms with Gasteiger partial charge in [-0.25, -0.2) is 4.39 Å². The van der Waals surface area contributed by atoms with Crippen molar-refractivity contribution in [3.05, 3.63) is 63.9 Å². The normalized spacial score (nSPS) is 13.7. The number of ketones is 1. The number of rotatable bonds is 4. The van der Waals surface area contributed by atoms with Crippen LogP contribution in [0.3, 0.4) is 0 Å². The van der Waals surface area contributed by atoms with Gasteiger partial charge in [0.15, 0.2) is 5.78 Å². The summed E-state index contributed by atoms with van der Waals surface area (Å²) in [6, 6.07) is 9.74. The lowest BCUT2D eigenvalue weighted by Gasteiger charge is -2.12. The van der Waals surface area contributed by atoms with Crippen molar-refractivity contribution in [2.24, 2.45) is 0 Å². The second kappa shape index (κ2) is 6.69. The minimum Gasteiger partial charge on any atom is -0.293 e. The van der Waals surface area contributed by atoms with Crippen LogP contribution in [0.5, 0.6) is 0 Å². The Kier molecular flexibility index (Phi) is 5.14. The fourth-order valence-corrected chi connectivity index (χ4v) is 3.41. The quantitative estimate of drug-likeness (QED) is 0.764. The molecule has 0 fully saturated rings. The maximum atomic E-state index is 12.9. The SMILES string of the molecule is CC(C(=O)c1ccc(Cl)cc1Cl)S(=O)c1ccc(F)cc1. The molecule has 2 atom stereocenters. The third-order valence-electron chi connectivity index (χ3n) is 2.93. The number of Topliss-reactive ketones (excluding diaryl/α,β-unsaturated/α-hetero) is 1. The number of halogens is 3. The summed E-state index contributed by atoms with van der Waals surface area (Å²) in [4.78, 5) is 12.8. The molecule has 0 radical (unpaired) electrons. The highest BCUT2D eigenvalue weighted by atomic mass is 35.5. The molecule has 110 valence electrons. The van der Waals surface area contributed by atoms with Gasteiger partial charge in [0.25, 0.3) is 0 Å². The molecular formula is C15H11Cl2FO2S. The highest BCUT2D eigenvalue weighted by Crippen LogP contribution is 2.24. The minimum absolute atomic E-state index is 0.218. The third-order valence-corrected chi connectivity index (χ3v) is 5.07. The molecule has 2 rings (SSSR count). The summed E-state index contributed by atoms with van der Waals surface area (Å²) in [6.45, 7) is 1.55. The van der Waals surface area contributed by atoms with E-state index in [-0.39, 0.29) is 16.4 Å². The lowest BCUT2D eigenvalue weighted by molar-refractivity contribution is 0.0993. The first-order valence-electron chi connectivity index (χ1n) is 6.05. The highest BCUT2D eigenvalue weighted by molar-refractivity contribution is 7.86. The Bertz CT molecular complexity index is 701. The van der Waals surface area contributed by atoms with Gasteiger partial charge in [0.2, 0.25) is 0 Å². The Morgan fingerprint density at radius 1 is 1.14 bits per heavy atom. The molecule has 0 amide bonds. The fourth-order valence-electron chi connectivity index (χ4n) is 1.78. The van der Waals surface area contributed by atoms with Gasteiger partial charge in [-0.15, -0.1) is 0 Å². The molecule has 2 unspecified atom stereocenters. The average molecular weight is 345 g/mol. The minimum atomic E-state index is -1.59. The molecule has 6 heteroatoms. The molecule has 0 spiro atoms. The molecule has 0 aliphatic rings. The van der Waals surface area contributed by atoms with Crippen molar-refractivity contribution >= 4 is 39.8 Å². The lowest BCUT2D eigenvalue weighted by Crippen LogP contribution is -2.23. The van der Waals surface area contributed by atoms with E-state index in [2.05, 4.69) is 0 Å². The largest absolute Gasteiger partial charge is 0.293 e.